The van der Waals surface area contributed by atoms with Crippen molar-refractivity contribution < 1.29 is 23.1 Å². The summed E-state index contributed by atoms with van der Waals surface area (Å²) in [7, 11) is 0. The summed E-state index contributed by atoms with van der Waals surface area (Å²) < 4.78 is 34.7. The Labute approximate surface area is 138 Å². The molecule has 0 spiro atoms. The average molecular weight is 339 g/mol. The number of aliphatic hydroxyl groups excluding tert-OH is 1. The Morgan fingerprint density at radius 3 is 2.75 bits per heavy atom. The van der Waals surface area contributed by atoms with Gasteiger partial charge in [-0.1, -0.05) is 17.3 Å². The number of ether oxygens (including phenoxy) is 1. The molecular formula is C16H19F2N3O3. The summed E-state index contributed by atoms with van der Waals surface area (Å²) in [5, 5.41) is 13.0. The number of hydrogen-bond donors (Lipinski definition) is 1. The molecule has 1 fully saturated rings. The lowest BCUT2D eigenvalue weighted by atomic mass is 9.98. The third kappa shape index (κ3) is 4.07. The van der Waals surface area contributed by atoms with E-state index in [4.69, 9.17) is 9.63 Å². The highest BCUT2D eigenvalue weighted by Crippen LogP contribution is 2.29. The Morgan fingerprint density at radius 2 is 2.04 bits per heavy atom. The molecule has 2 aromatic rings. The van der Waals surface area contributed by atoms with Crippen molar-refractivity contribution in [2.75, 3.05) is 19.7 Å². The summed E-state index contributed by atoms with van der Waals surface area (Å²) in [6, 6.07) is 6.35. The fourth-order valence-electron chi connectivity index (χ4n) is 2.80. The van der Waals surface area contributed by atoms with E-state index in [1.54, 1.807) is 18.2 Å². The SMILES string of the molecule is OCC1CCN(Cc2nc(-c3ccccc3OC(F)F)no2)CC1. The fourth-order valence-corrected chi connectivity index (χ4v) is 2.80. The molecule has 1 aliphatic heterocycles. The second-order valence-corrected chi connectivity index (χ2v) is 5.79. The van der Waals surface area contributed by atoms with Crippen LogP contribution in [0.4, 0.5) is 8.78 Å². The smallest absolute Gasteiger partial charge is 0.387 e. The van der Waals surface area contributed by atoms with Gasteiger partial charge in [0.15, 0.2) is 0 Å². The summed E-state index contributed by atoms with van der Waals surface area (Å²) in [4.78, 5) is 6.46. The molecule has 1 N–H and O–H groups in total. The molecule has 2 heterocycles. The lowest BCUT2D eigenvalue weighted by molar-refractivity contribution is -0.0494. The molecular weight excluding hydrogens is 320 g/mol. The average Bonchev–Trinajstić information content (AvgIpc) is 3.04. The van der Waals surface area contributed by atoms with Crippen molar-refractivity contribution in [3.05, 3.63) is 30.2 Å². The van der Waals surface area contributed by atoms with Gasteiger partial charge in [0, 0.05) is 6.61 Å². The predicted octanol–water partition coefficient (Wildman–Crippen LogP) is 2.54. The summed E-state index contributed by atoms with van der Waals surface area (Å²) >= 11 is 0. The van der Waals surface area contributed by atoms with Crippen LogP contribution in [0.25, 0.3) is 11.4 Å². The highest BCUT2D eigenvalue weighted by atomic mass is 19.3. The Balaban J connectivity index is 1.68. The molecule has 24 heavy (non-hydrogen) atoms. The molecule has 1 aromatic heterocycles. The van der Waals surface area contributed by atoms with Crippen LogP contribution in [0.3, 0.4) is 0 Å². The van der Waals surface area contributed by atoms with Gasteiger partial charge in [-0.15, -0.1) is 0 Å². The number of piperidine rings is 1. The molecule has 0 aliphatic carbocycles. The van der Waals surface area contributed by atoms with Crippen molar-refractivity contribution in [1.29, 1.82) is 0 Å². The Bertz CT molecular complexity index is 658. The van der Waals surface area contributed by atoms with Gasteiger partial charge < -0.3 is 14.4 Å². The lowest BCUT2D eigenvalue weighted by Gasteiger charge is -2.29. The monoisotopic (exact) mass is 339 g/mol. The molecule has 1 aliphatic rings. The molecule has 0 amide bonds. The number of halogens is 2. The normalized spacial score (nSPS) is 16.7. The van der Waals surface area contributed by atoms with Crippen LogP contribution in [-0.4, -0.2) is 46.5 Å². The Hall–Kier alpha value is -2.06. The maximum absolute atomic E-state index is 12.5. The maximum Gasteiger partial charge on any atom is 0.387 e. The highest BCUT2D eigenvalue weighted by Gasteiger charge is 2.21. The van der Waals surface area contributed by atoms with Gasteiger partial charge in [0.1, 0.15) is 5.75 Å². The van der Waals surface area contributed by atoms with Crippen molar-refractivity contribution in [3.8, 4) is 17.1 Å². The van der Waals surface area contributed by atoms with E-state index in [9.17, 15) is 8.78 Å². The van der Waals surface area contributed by atoms with Gasteiger partial charge in [0.2, 0.25) is 11.7 Å². The second-order valence-electron chi connectivity index (χ2n) is 5.79. The number of para-hydroxylation sites is 1. The van der Waals surface area contributed by atoms with Crippen LogP contribution in [0.15, 0.2) is 28.8 Å². The molecule has 1 aromatic carbocycles. The van der Waals surface area contributed by atoms with Gasteiger partial charge in [0.05, 0.1) is 12.1 Å². The Morgan fingerprint density at radius 1 is 1.29 bits per heavy atom. The lowest BCUT2D eigenvalue weighted by Crippen LogP contribution is -2.34. The minimum atomic E-state index is -2.91. The molecule has 0 radical (unpaired) electrons. The van der Waals surface area contributed by atoms with Gasteiger partial charge in [-0.2, -0.15) is 13.8 Å². The zero-order chi connectivity index (χ0) is 16.9. The van der Waals surface area contributed by atoms with E-state index in [2.05, 4.69) is 19.8 Å². The van der Waals surface area contributed by atoms with E-state index < -0.39 is 6.61 Å². The molecule has 1 saturated heterocycles. The van der Waals surface area contributed by atoms with E-state index in [1.807, 2.05) is 0 Å². The first-order chi connectivity index (χ1) is 11.7. The number of rotatable bonds is 6. The summed E-state index contributed by atoms with van der Waals surface area (Å²) in [5.41, 5.74) is 0.367. The van der Waals surface area contributed by atoms with E-state index in [0.717, 1.165) is 25.9 Å². The maximum atomic E-state index is 12.5. The standard InChI is InChI=1S/C16H19F2N3O3/c17-16(18)23-13-4-2-1-3-12(13)15-19-14(24-20-15)9-21-7-5-11(10-22)6-8-21/h1-4,11,16,22H,5-10H2. The molecule has 8 heteroatoms. The van der Waals surface area contributed by atoms with Crippen LogP contribution < -0.4 is 4.74 Å². The number of benzene rings is 1. The molecule has 0 atom stereocenters. The third-order valence-electron chi connectivity index (χ3n) is 4.14. The zero-order valence-corrected chi connectivity index (χ0v) is 13.1. The number of aromatic nitrogens is 2. The number of hydrogen-bond acceptors (Lipinski definition) is 6. The van der Waals surface area contributed by atoms with Crippen LogP contribution in [-0.2, 0) is 6.54 Å². The minimum Gasteiger partial charge on any atom is -0.434 e. The fraction of sp³-hybridized carbons (Fsp3) is 0.500. The first-order valence-electron chi connectivity index (χ1n) is 7.85. The van der Waals surface area contributed by atoms with Gasteiger partial charge >= 0.3 is 6.61 Å². The van der Waals surface area contributed by atoms with E-state index >= 15 is 0 Å². The van der Waals surface area contributed by atoms with Crippen LogP contribution in [0.1, 0.15) is 18.7 Å². The van der Waals surface area contributed by atoms with E-state index in [1.165, 1.54) is 6.07 Å². The topological polar surface area (TPSA) is 71.6 Å². The molecule has 0 bridgehead atoms. The molecule has 6 nitrogen and oxygen atoms in total. The van der Waals surface area contributed by atoms with Gasteiger partial charge in [-0.3, -0.25) is 4.90 Å². The summed E-state index contributed by atoms with van der Waals surface area (Å²) in [6.07, 6.45) is 1.87. The van der Waals surface area contributed by atoms with Gasteiger partial charge in [-0.25, -0.2) is 0 Å². The molecule has 0 saturated carbocycles. The van der Waals surface area contributed by atoms with Crippen molar-refractivity contribution in [3.63, 3.8) is 0 Å². The predicted molar refractivity (Wildman–Crippen MR) is 81.5 cm³/mol. The van der Waals surface area contributed by atoms with Crippen molar-refractivity contribution in [2.45, 2.75) is 26.0 Å². The number of nitrogens with zero attached hydrogens (tertiary/aromatic N) is 3. The quantitative estimate of drug-likeness (QED) is 0.872. The van der Waals surface area contributed by atoms with Crippen molar-refractivity contribution in [2.24, 2.45) is 5.92 Å². The van der Waals surface area contributed by atoms with Gasteiger partial charge in [0.25, 0.3) is 0 Å². The van der Waals surface area contributed by atoms with E-state index in [0.29, 0.717) is 23.9 Å². The second kappa shape index (κ2) is 7.67. The van der Waals surface area contributed by atoms with Crippen molar-refractivity contribution in [1.82, 2.24) is 15.0 Å². The zero-order valence-electron chi connectivity index (χ0n) is 13.1. The van der Waals surface area contributed by atoms with Gasteiger partial charge in [-0.05, 0) is 44.0 Å². The van der Waals surface area contributed by atoms with Crippen LogP contribution in [0.5, 0.6) is 5.75 Å². The van der Waals surface area contributed by atoms with Crippen LogP contribution in [0.2, 0.25) is 0 Å². The summed E-state index contributed by atoms with van der Waals surface area (Å²) in [5.74, 6) is 1.03. The Kier molecular flexibility index (Phi) is 5.37. The first kappa shape index (κ1) is 16.8. The number of alkyl halides is 2. The van der Waals surface area contributed by atoms with Crippen molar-refractivity contribution >= 4 is 0 Å². The van der Waals surface area contributed by atoms with E-state index in [-0.39, 0.29) is 18.2 Å². The highest BCUT2D eigenvalue weighted by molar-refractivity contribution is 5.63. The third-order valence-corrected chi connectivity index (χ3v) is 4.14. The van der Waals surface area contributed by atoms with Crippen LogP contribution in [0, 0.1) is 5.92 Å². The molecule has 0 unspecified atom stereocenters. The molecule has 3 rings (SSSR count). The van der Waals surface area contributed by atoms with Crippen LogP contribution >= 0.6 is 0 Å². The summed E-state index contributed by atoms with van der Waals surface area (Å²) in [6.45, 7) is -0.477. The number of aliphatic hydroxyl groups is 1. The minimum absolute atomic E-state index is 0.0172. The number of likely N-dealkylation sites (tertiary alicyclic amines) is 1. The largest absolute Gasteiger partial charge is 0.434 e. The first-order valence-corrected chi connectivity index (χ1v) is 7.85. The molecule has 130 valence electrons.